The van der Waals surface area contributed by atoms with Crippen molar-refractivity contribution in [3.05, 3.63) is 46.8 Å². The van der Waals surface area contributed by atoms with Crippen LogP contribution in [0.1, 0.15) is 41.8 Å². The minimum absolute atomic E-state index is 0.0530. The van der Waals surface area contributed by atoms with Gasteiger partial charge >= 0.3 is 0 Å². The summed E-state index contributed by atoms with van der Waals surface area (Å²) < 4.78 is 1.91. The molecule has 0 fully saturated rings. The van der Waals surface area contributed by atoms with Gasteiger partial charge in [-0.3, -0.25) is 0 Å². The predicted molar refractivity (Wildman–Crippen MR) is 76.9 cm³/mol. The summed E-state index contributed by atoms with van der Waals surface area (Å²) in [7, 11) is 0. The normalized spacial score (nSPS) is 12.6. The third-order valence-corrected chi connectivity index (χ3v) is 3.20. The fourth-order valence-electron chi connectivity index (χ4n) is 2.48. The van der Waals surface area contributed by atoms with Crippen LogP contribution >= 0.6 is 0 Å². The molecule has 2 rings (SSSR count). The summed E-state index contributed by atoms with van der Waals surface area (Å²) in [5.74, 6) is 0. The third kappa shape index (κ3) is 3.41. The van der Waals surface area contributed by atoms with Crippen LogP contribution in [0.25, 0.3) is 0 Å². The van der Waals surface area contributed by atoms with Crippen molar-refractivity contribution < 1.29 is 0 Å². The van der Waals surface area contributed by atoms with E-state index >= 15 is 0 Å². The van der Waals surface area contributed by atoms with E-state index < -0.39 is 0 Å². The van der Waals surface area contributed by atoms with Crippen LogP contribution in [0.3, 0.4) is 0 Å². The minimum Gasteiger partial charge on any atom is -0.322 e. The van der Waals surface area contributed by atoms with Crippen molar-refractivity contribution in [2.24, 2.45) is 5.73 Å². The number of rotatable bonds is 5. The van der Waals surface area contributed by atoms with Crippen molar-refractivity contribution in [1.82, 2.24) is 15.0 Å². The van der Waals surface area contributed by atoms with E-state index in [-0.39, 0.29) is 6.04 Å². The predicted octanol–water partition coefficient (Wildman–Crippen LogP) is 2.55. The Bertz CT molecular complexity index is 525. The molecule has 0 spiro atoms. The zero-order valence-electron chi connectivity index (χ0n) is 11.9. The lowest BCUT2D eigenvalue weighted by atomic mass is 10.0. The van der Waals surface area contributed by atoms with Gasteiger partial charge in [-0.15, -0.1) is 5.10 Å². The van der Waals surface area contributed by atoms with Crippen LogP contribution in [0, 0.1) is 13.8 Å². The second-order valence-electron chi connectivity index (χ2n) is 5.19. The van der Waals surface area contributed by atoms with Crippen molar-refractivity contribution in [3.8, 4) is 0 Å². The molecule has 4 nitrogen and oxygen atoms in total. The van der Waals surface area contributed by atoms with E-state index in [1.165, 1.54) is 16.7 Å². The van der Waals surface area contributed by atoms with E-state index in [9.17, 15) is 0 Å². The summed E-state index contributed by atoms with van der Waals surface area (Å²) in [4.78, 5) is 0. The summed E-state index contributed by atoms with van der Waals surface area (Å²) in [6.07, 6.45) is 3.63. The van der Waals surface area contributed by atoms with Crippen LogP contribution in [0.5, 0.6) is 0 Å². The van der Waals surface area contributed by atoms with E-state index in [0.29, 0.717) is 0 Å². The summed E-state index contributed by atoms with van der Waals surface area (Å²) in [5, 5.41) is 8.06. The van der Waals surface area contributed by atoms with Gasteiger partial charge in [0.05, 0.1) is 17.9 Å². The molecule has 102 valence electrons. The molecule has 1 aromatic heterocycles. The zero-order chi connectivity index (χ0) is 13.8. The summed E-state index contributed by atoms with van der Waals surface area (Å²) in [6, 6.07) is 6.52. The second-order valence-corrected chi connectivity index (χ2v) is 5.19. The lowest BCUT2D eigenvalue weighted by Gasteiger charge is -2.14. The largest absolute Gasteiger partial charge is 0.322 e. The van der Waals surface area contributed by atoms with Crippen molar-refractivity contribution in [2.75, 3.05) is 0 Å². The number of nitrogens with two attached hydrogens (primary N) is 1. The molecule has 0 saturated carbocycles. The fourth-order valence-corrected chi connectivity index (χ4v) is 2.48. The molecule has 1 aromatic carbocycles. The van der Waals surface area contributed by atoms with Gasteiger partial charge in [-0.1, -0.05) is 41.5 Å². The number of nitrogens with zero attached hydrogens (tertiary/aromatic N) is 3. The van der Waals surface area contributed by atoms with Crippen LogP contribution in [-0.4, -0.2) is 15.0 Å². The Morgan fingerprint density at radius 2 is 1.89 bits per heavy atom. The van der Waals surface area contributed by atoms with Gasteiger partial charge in [-0.25, -0.2) is 4.68 Å². The van der Waals surface area contributed by atoms with E-state index in [2.05, 4.69) is 49.3 Å². The lowest BCUT2D eigenvalue weighted by Crippen LogP contribution is -2.18. The monoisotopic (exact) mass is 258 g/mol. The molecule has 0 bridgehead atoms. The summed E-state index contributed by atoms with van der Waals surface area (Å²) >= 11 is 0. The van der Waals surface area contributed by atoms with Crippen LogP contribution in [0.4, 0.5) is 0 Å². The zero-order valence-corrected chi connectivity index (χ0v) is 11.9. The first-order chi connectivity index (χ1) is 9.10. The highest BCUT2D eigenvalue weighted by molar-refractivity contribution is 5.29. The van der Waals surface area contributed by atoms with Crippen LogP contribution in [0.15, 0.2) is 24.4 Å². The number of aryl methyl sites for hydroxylation is 3. The molecule has 2 aromatic rings. The molecule has 0 aliphatic carbocycles. The highest BCUT2D eigenvalue weighted by Gasteiger charge is 2.13. The first-order valence-electron chi connectivity index (χ1n) is 6.81. The smallest absolute Gasteiger partial charge is 0.0757 e. The number of hydrogen-bond acceptors (Lipinski definition) is 3. The Kier molecular flexibility index (Phi) is 4.32. The average Bonchev–Trinajstić information content (AvgIpc) is 2.76. The second kappa shape index (κ2) is 5.97. The standard InChI is InChI=1S/C15H22N4/c1-4-5-19-15(10-17-18-19)14(16)9-13-7-11(2)6-12(3)8-13/h6-8,10,14H,4-5,9,16H2,1-3H3. The van der Waals surface area contributed by atoms with Gasteiger partial charge in [0.15, 0.2) is 0 Å². The quantitative estimate of drug-likeness (QED) is 0.896. The van der Waals surface area contributed by atoms with Gasteiger partial charge in [0.2, 0.25) is 0 Å². The van der Waals surface area contributed by atoms with Gasteiger partial charge in [-0.2, -0.15) is 0 Å². The Labute approximate surface area is 114 Å². The van der Waals surface area contributed by atoms with Crippen molar-refractivity contribution in [3.63, 3.8) is 0 Å². The molecule has 0 aliphatic rings. The maximum Gasteiger partial charge on any atom is 0.0757 e. The van der Waals surface area contributed by atoms with Gasteiger partial charge in [0.1, 0.15) is 0 Å². The molecule has 0 saturated heterocycles. The molecular weight excluding hydrogens is 236 g/mol. The molecule has 19 heavy (non-hydrogen) atoms. The number of hydrogen-bond donors (Lipinski definition) is 1. The number of benzene rings is 1. The molecule has 1 heterocycles. The summed E-state index contributed by atoms with van der Waals surface area (Å²) in [5.41, 5.74) is 11.1. The Morgan fingerprint density at radius 3 is 2.53 bits per heavy atom. The lowest BCUT2D eigenvalue weighted by molar-refractivity contribution is 0.525. The van der Waals surface area contributed by atoms with Crippen LogP contribution < -0.4 is 5.73 Å². The molecular formula is C15H22N4. The minimum atomic E-state index is -0.0530. The molecule has 2 N–H and O–H groups in total. The first-order valence-corrected chi connectivity index (χ1v) is 6.81. The first kappa shape index (κ1) is 13.7. The van der Waals surface area contributed by atoms with Crippen LogP contribution in [0.2, 0.25) is 0 Å². The Balaban J connectivity index is 2.15. The Hall–Kier alpha value is -1.68. The van der Waals surface area contributed by atoms with Crippen molar-refractivity contribution in [2.45, 2.75) is 46.2 Å². The highest BCUT2D eigenvalue weighted by Crippen LogP contribution is 2.17. The Morgan fingerprint density at radius 1 is 1.21 bits per heavy atom. The van der Waals surface area contributed by atoms with Gasteiger partial charge < -0.3 is 5.73 Å². The molecule has 1 atom stereocenters. The van der Waals surface area contributed by atoms with E-state index in [4.69, 9.17) is 5.73 Å². The molecule has 0 radical (unpaired) electrons. The van der Waals surface area contributed by atoms with Gasteiger partial charge in [0, 0.05) is 6.54 Å². The average molecular weight is 258 g/mol. The molecule has 1 unspecified atom stereocenters. The van der Waals surface area contributed by atoms with Crippen molar-refractivity contribution in [1.29, 1.82) is 0 Å². The maximum atomic E-state index is 6.30. The number of aromatic nitrogens is 3. The van der Waals surface area contributed by atoms with Gasteiger partial charge in [-0.05, 0) is 32.3 Å². The maximum absolute atomic E-state index is 6.30. The molecule has 0 aliphatic heterocycles. The third-order valence-electron chi connectivity index (χ3n) is 3.20. The van der Waals surface area contributed by atoms with E-state index in [1.54, 1.807) is 6.20 Å². The van der Waals surface area contributed by atoms with E-state index in [0.717, 1.165) is 25.1 Å². The topological polar surface area (TPSA) is 56.7 Å². The highest BCUT2D eigenvalue weighted by atomic mass is 15.4. The molecule has 0 amide bonds. The molecule has 4 heteroatoms. The fraction of sp³-hybridized carbons (Fsp3) is 0.467. The van der Waals surface area contributed by atoms with Gasteiger partial charge in [0.25, 0.3) is 0 Å². The summed E-state index contributed by atoms with van der Waals surface area (Å²) in [6.45, 7) is 7.23. The SMILES string of the molecule is CCCn1nncc1C(N)Cc1cc(C)cc(C)c1. The van der Waals surface area contributed by atoms with Crippen LogP contribution in [-0.2, 0) is 13.0 Å². The van der Waals surface area contributed by atoms with E-state index in [1.807, 2.05) is 4.68 Å². The van der Waals surface area contributed by atoms with Crippen molar-refractivity contribution >= 4 is 0 Å².